The smallest absolute Gasteiger partial charge is 0.255 e. The minimum atomic E-state index is -3.56. The van der Waals surface area contributed by atoms with Crippen LogP contribution in [0.3, 0.4) is 0 Å². The van der Waals surface area contributed by atoms with E-state index in [9.17, 15) is 22.8 Å². The van der Waals surface area contributed by atoms with Gasteiger partial charge in [-0.25, -0.2) is 8.42 Å². The van der Waals surface area contributed by atoms with Crippen molar-refractivity contribution >= 4 is 33.4 Å². The molecule has 4 rings (SSSR count). The van der Waals surface area contributed by atoms with E-state index in [1.165, 1.54) is 28.6 Å². The van der Waals surface area contributed by atoms with Gasteiger partial charge in [-0.05, 0) is 74.2 Å². The molecule has 3 amide bonds. The predicted octanol–water partition coefficient (Wildman–Crippen LogP) is 2.14. The van der Waals surface area contributed by atoms with Crippen LogP contribution in [0, 0.1) is 0 Å². The number of sulfonamides is 1. The molecular formula is C26H32N4O6S. The molecule has 2 saturated heterocycles. The number of carbonyl (C=O) groups is 3. The lowest BCUT2D eigenvalue weighted by Crippen LogP contribution is -2.39. The zero-order valence-corrected chi connectivity index (χ0v) is 21.4. The summed E-state index contributed by atoms with van der Waals surface area (Å²) in [5.41, 5.74) is 1.23. The van der Waals surface area contributed by atoms with Gasteiger partial charge in [-0.2, -0.15) is 4.31 Å². The lowest BCUT2D eigenvalue weighted by Gasteiger charge is -2.25. The number of nitrogens with one attached hydrogen (secondary N) is 3. The largest absolute Gasteiger partial charge is 0.368 e. The summed E-state index contributed by atoms with van der Waals surface area (Å²) in [5, 5.41) is 8.23. The Bertz CT molecular complexity index is 1200. The number of amides is 3. The number of rotatable bonds is 9. The summed E-state index contributed by atoms with van der Waals surface area (Å²) >= 11 is 0. The van der Waals surface area contributed by atoms with Crippen molar-refractivity contribution in [1.82, 2.24) is 14.9 Å². The summed E-state index contributed by atoms with van der Waals surface area (Å²) in [6.45, 7) is 2.21. The van der Waals surface area contributed by atoms with E-state index >= 15 is 0 Å². The lowest BCUT2D eigenvalue weighted by molar-refractivity contribution is -0.129. The summed E-state index contributed by atoms with van der Waals surface area (Å²) in [7, 11) is -3.56. The Hall–Kier alpha value is -3.28. The molecule has 2 aliphatic rings. The standard InChI is InChI=1S/C26H32N4O6S/c31-24(27-14-15-28-26(33)23-5-4-18-36-23)19-6-10-21(11-7-19)29-25(32)20-8-12-22(13-9-20)37(34,35)30-16-2-1-3-17-30/h6-13,23H,1-5,14-18H2,(H,27,31)(H,28,33)(H,29,32). The third-order valence-corrected chi connectivity index (χ3v) is 8.32. The molecule has 0 aliphatic carbocycles. The molecule has 198 valence electrons. The molecular weight excluding hydrogens is 496 g/mol. The molecule has 2 aromatic rings. The van der Waals surface area contributed by atoms with Crippen molar-refractivity contribution in [2.24, 2.45) is 0 Å². The first-order valence-electron chi connectivity index (χ1n) is 12.5. The van der Waals surface area contributed by atoms with Crippen LogP contribution in [0.15, 0.2) is 53.4 Å². The maximum Gasteiger partial charge on any atom is 0.255 e. The van der Waals surface area contributed by atoms with E-state index < -0.39 is 16.1 Å². The lowest BCUT2D eigenvalue weighted by atomic mass is 10.1. The van der Waals surface area contributed by atoms with E-state index in [4.69, 9.17) is 4.74 Å². The molecule has 0 radical (unpaired) electrons. The number of anilines is 1. The van der Waals surface area contributed by atoms with Gasteiger partial charge >= 0.3 is 0 Å². The fourth-order valence-corrected chi connectivity index (χ4v) is 5.82. The summed E-state index contributed by atoms with van der Waals surface area (Å²) < 4.78 is 32.4. The summed E-state index contributed by atoms with van der Waals surface area (Å²) in [4.78, 5) is 37.0. The highest BCUT2D eigenvalue weighted by molar-refractivity contribution is 7.89. The van der Waals surface area contributed by atoms with Crippen molar-refractivity contribution in [3.05, 3.63) is 59.7 Å². The first-order chi connectivity index (χ1) is 17.8. The highest BCUT2D eigenvalue weighted by Gasteiger charge is 2.26. The van der Waals surface area contributed by atoms with E-state index in [0.29, 0.717) is 49.5 Å². The van der Waals surface area contributed by atoms with Crippen molar-refractivity contribution in [2.75, 3.05) is 38.1 Å². The third kappa shape index (κ3) is 6.94. The molecule has 0 saturated carbocycles. The van der Waals surface area contributed by atoms with Crippen LogP contribution in [0.4, 0.5) is 5.69 Å². The number of benzene rings is 2. The van der Waals surface area contributed by atoms with Crippen molar-refractivity contribution in [3.63, 3.8) is 0 Å². The van der Waals surface area contributed by atoms with E-state index in [1.807, 2.05) is 0 Å². The number of piperidine rings is 1. The van der Waals surface area contributed by atoms with Crippen molar-refractivity contribution in [2.45, 2.75) is 43.1 Å². The van der Waals surface area contributed by atoms with Crippen LogP contribution in [0.25, 0.3) is 0 Å². The second-order valence-electron chi connectivity index (χ2n) is 9.07. The van der Waals surface area contributed by atoms with Crippen LogP contribution in [-0.2, 0) is 19.6 Å². The number of ether oxygens (including phenoxy) is 1. The van der Waals surface area contributed by atoms with Gasteiger partial charge < -0.3 is 20.7 Å². The molecule has 0 spiro atoms. The average Bonchev–Trinajstić information content (AvgIpc) is 3.47. The quantitative estimate of drug-likeness (QED) is 0.427. The predicted molar refractivity (Wildman–Crippen MR) is 138 cm³/mol. The van der Waals surface area contributed by atoms with Gasteiger partial charge in [0.15, 0.2) is 0 Å². The molecule has 2 fully saturated rings. The van der Waals surface area contributed by atoms with Crippen molar-refractivity contribution < 1.29 is 27.5 Å². The van der Waals surface area contributed by atoms with Gasteiger partial charge in [-0.15, -0.1) is 0 Å². The van der Waals surface area contributed by atoms with Gasteiger partial charge in [0.1, 0.15) is 6.10 Å². The summed E-state index contributed by atoms with van der Waals surface area (Å²) in [6.07, 6.45) is 3.94. The van der Waals surface area contributed by atoms with Crippen LogP contribution < -0.4 is 16.0 Å². The SMILES string of the molecule is O=C(NCCNC(=O)C1CCCO1)c1ccc(NC(=O)c2ccc(S(=O)(=O)N3CCCCC3)cc2)cc1. The van der Waals surface area contributed by atoms with Gasteiger partial charge in [-0.3, -0.25) is 14.4 Å². The summed E-state index contributed by atoms with van der Waals surface area (Å²) in [6, 6.07) is 12.3. The van der Waals surface area contributed by atoms with Crippen LogP contribution in [0.5, 0.6) is 0 Å². The second kappa shape index (κ2) is 12.3. The third-order valence-electron chi connectivity index (χ3n) is 6.41. The Balaban J connectivity index is 1.25. The zero-order valence-electron chi connectivity index (χ0n) is 20.6. The molecule has 10 nitrogen and oxygen atoms in total. The van der Waals surface area contributed by atoms with E-state index in [1.54, 1.807) is 24.3 Å². The Labute approximate surface area is 216 Å². The van der Waals surface area contributed by atoms with E-state index in [2.05, 4.69) is 16.0 Å². The summed E-state index contributed by atoms with van der Waals surface area (Å²) in [5.74, 6) is -0.846. The van der Waals surface area contributed by atoms with Gasteiger partial charge in [0.2, 0.25) is 15.9 Å². The average molecular weight is 529 g/mol. The van der Waals surface area contributed by atoms with Crippen LogP contribution in [-0.4, -0.2) is 69.3 Å². The maximum absolute atomic E-state index is 12.8. The Morgan fingerprint density at radius 3 is 2.08 bits per heavy atom. The Morgan fingerprint density at radius 1 is 0.811 bits per heavy atom. The molecule has 0 bridgehead atoms. The van der Waals surface area contributed by atoms with Gasteiger partial charge in [0.05, 0.1) is 4.90 Å². The highest BCUT2D eigenvalue weighted by atomic mass is 32.2. The number of nitrogens with zero attached hydrogens (tertiary/aromatic N) is 1. The molecule has 1 unspecified atom stereocenters. The second-order valence-corrected chi connectivity index (χ2v) is 11.0. The van der Waals surface area contributed by atoms with E-state index in [0.717, 1.165) is 25.7 Å². The zero-order chi connectivity index (χ0) is 26.3. The molecule has 2 heterocycles. The fraction of sp³-hybridized carbons (Fsp3) is 0.423. The van der Waals surface area contributed by atoms with Crippen LogP contribution in [0.2, 0.25) is 0 Å². The van der Waals surface area contributed by atoms with Gasteiger partial charge in [-0.1, -0.05) is 6.42 Å². The number of hydrogen-bond donors (Lipinski definition) is 3. The van der Waals surface area contributed by atoms with Crippen LogP contribution in [0.1, 0.15) is 52.8 Å². The Kier molecular flexibility index (Phi) is 8.91. The Morgan fingerprint density at radius 2 is 1.43 bits per heavy atom. The topological polar surface area (TPSA) is 134 Å². The molecule has 0 aromatic heterocycles. The number of hydrogen-bond acceptors (Lipinski definition) is 6. The van der Waals surface area contributed by atoms with Crippen molar-refractivity contribution in [3.8, 4) is 0 Å². The maximum atomic E-state index is 12.8. The highest BCUT2D eigenvalue weighted by Crippen LogP contribution is 2.21. The first kappa shape index (κ1) is 26.8. The molecule has 37 heavy (non-hydrogen) atoms. The normalized spacial score (nSPS) is 18.2. The monoisotopic (exact) mass is 528 g/mol. The molecule has 1 atom stereocenters. The van der Waals surface area contributed by atoms with Crippen LogP contribution >= 0.6 is 0 Å². The minimum Gasteiger partial charge on any atom is -0.368 e. The molecule has 2 aliphatic heterocycles. The van der Waals surface area contributed by atoms with Gasteiger partial charge in [0, 0.05) is 49.6 Å². The van der Waals surface area contributed by atoms with E-state index in [-0.39, 0.29) is 29.2 Å². The molecule has 2 aromatic carbocycles. The van der Waals surface area contributed by atoms with Gasteiger partial charge in [0.25, 0.3) is 11.8 Å². The number of carbonyl (C=O) groups excluding carboxylic acids is 3. The molecule has 11 heteroatoms. The fourth-order valence-electron chi connectivity index (χ4n) is 4.30. The first-order valence-corrected chi connectivity index (χ1v) is 14.0. The van der Waals surface area contributed by atoms with Crippen molar-refractivity contribution in [1.29, 1.82) is 0 Å². The molecule has 3 N–H and O–H groups in total. The minimum absolute atomic E-state index is 0.162.